The van der Waals surface area contributed by atoms with Crippen LogP contribution in [0, 0.1) is 13.8 Å². The Kier molecular flexibility index (Phi) is 4.46. The molecule has 0 atom stereocenters. The quantitative estimate of drug-likeness (QED) is 0.825. The molecule has 0 radical (unpaired) electrons. The lowest BCUT2D eigenvalue weighted by Gasteiger charge is -2.14. The first kappa shape index (κ1) is 14.9. The molecule has 112 valence electrons. The van der Waals surface area contributed by atoms with E-state index < -0.39 is 5.97 Å². The highest BCUT2D eigenvalue weighted by atomic mass is 16.5. The number of carboxylic acid groups (broad SMARTS) is 1. The topological polar surface area (TPSA) is 111 Å². The number of nitrogens with zero attached hydrogens (tertiary/aromatic N) is 4. The van der Waals surface area contributed by atoms with E-state index in [4.69, 9.17) is 5.11 Å². The molecule has 21 heavy (non-hydrogen) atoms. The Morgan fingerprint density at radius 3 is 2.76 bits per heavy atom. The van der Waals surface area contributed by atoms with Crippen LogP contribution < -0.4 is 5.69 Å². The van der Waals surface area contributed by atoms with Crippen LogP contribution in [0.25, 0.3) is 0 Å². The fourth-order valence-electron chi connectivity index (χ4n) is 2.21. The van der Waals surface area contributed by atoms with Crippen molar-refractivity contribution < 1.29 is 14.4 Å². The molecule has 0 saturated carbocycles. The summed E-state index contributed by atoms with van der Waals surface area (Å²) in [6.45, 7) is 3.89. The minimum atomic E-state index is -0.877. The lowest BCUT2D eigenvalue weighted by Crippen LogP contribution is -2.28. The van der Waals surface area contributed by atoms with Crippen molar-refractivity contribution in [3.05, 3.63) is 39.7 Å². The molecule has 0 amide bonds. The van der Waals surface area contributed by atoms with Gasteiger partial charge in [-0.3, -0.25) is 9.36 Å². The van der Waals surface area contributed by atoms with Gasteiger partial charge in [-0.2, -0.15) is 9.97 Å². The molecule has 0 bridgehead atoms. The number of hydrogen-bond acceptors (Lipinski definition) is 6. The average molecular weight is 292 g/mol. The van der Waals surface area contributed by atoms with Gasteiger partial charge in [-0.25, -0.2) is 4.79 Å². The standard InChI is InChI=1S/C13H16N4O4/c1-8-10(3-4-12(18)19)9(2)17(13(20)15-8)6-5-11-14-7-21-16-11/h7H,3-6H2,1-2H3,(H,18,19). The predicted molar refractivity (Wildman–Crippen MR) is 71.9 cm³/mol. The van der Waals surface area contributed by atoms with Crippen molar-refractivity contribution in [2.24, 2.45) is 0 Å². The van der Waals surface area contributed by atoms with Crippen LogP contribution in [0.2, 0.25) is 0 Å². The van der Waals surface area contributed by atoms with Gasteiger partial charge < -0.3 is 9.63 Å². The van der Waals surface area contributed by atoms with E-state index in [0.717, 1.165) is 11.3 Å². The van der Waals surface area contributed by atoms with Gasteiger partial charge in [0.25, 0.3) is 0 Å². The molecule has 2 aromatic heterocycles. The van der Waals surface area contributed by atoms with Crippen molar-refractivity contribution in [1.29, 1.82) is 0 Å². The Morgan fingerprint density at radius 1 is 1.38 bits per heavy atom. The first-order valence-electron chi connectivity index (χ1n) is 6.53. The predicted octanol–water partition coefficient (Wildman–Crippen LogP) is 0.503. The lowest BCUT2D eigenvalue weighted by molar-refractivity contribution is -0.136. The number of carboxylic acids is 1. The molecular weight excluding hydrogens is 276 g/mol. The summed E-state index contributed by atoms with van der Waals surface area (Å²) in [7, 11) is 0. The molecule has 0 aliphatic carbocycles. The molecule has 1 N–H and O–H groups in total. The van der Waals surface area contributed by atoms with Gasteiger partial charge in [-0.15, -0.1) is 0 Å². The fraction of sp³-hybridized carbons (Fsp3) is 0.462. The maximum absolute atomic E-state index is 12.0. The summed E-state index contributed by atoms with van der Waals surface area (Å²) in [6.07, 6.45) is 2.03. The molecule has 8 nitrogen and oxygen atoms in total. The van der Waals surface area contributed by atoms with E-state index in [0.29, 0.717) is 30.9 Å². The molecule has 2 heterocycles. The van der Waals surface area contributed by atoms with Crippen LogP contribution in [0.15, 0.2) is 15.7 Å². The van der Waals surface area contributed by atoms with E-state index in [1.165, 1.54) is 11.0 Å². The minimum absolute atomic E-state index is 0.00635. The molecule has 2 rings (SSSR count). The van der Waals surface area contributed by atoms with Gasteiger partial charge in [0.1, 0.15) is 0 Å². The van der Waals surface area contributed by atoms with Gasteiger partial charge in [0, 0.05) is 30.8 Å². The van der Waals surface area contributed by atoms with Gasteiger partial charge in [0.05, 0.1) is 0 Å². The third-order valence-corrected chi connectivity index (χ3v) is 3.33. The third kappa shape index (κ3) is 3.53. The Balaban J connectivity index is 2.25. The SMILES string of the molecule is Cc1nc(=O)n(CCc2ncon2)c(C)c1CCC(=O)O. The van der Waals surface area contributed by atoms with Gasteiger partial charge in [-0.05, 0) is 25.8 Å². The van der Waals surface area contributed by atoms with Gasteiger partial charge >= 0.3 is 11.7 Å². The van der Waals surface area contributed by atoms with Crippen LogP contribution in [0.4, 0.5) is 0 Å². The van der Waals surface area contributed by atoms with Gasteiger partial charge in [0.15, 0.2) is 5.82 Å². The Bertz CT molecular complexity index is 691. The van der Waals surface area contributed by atoms with Crippen molar-refractivity contribution in [2.45, 2.75) is 39.7 Å². The minimum Gasteiger partial charge on any atom is -0.481 e. The summed E-state index contributed by atoms with van der Waals surface area (Å²) < 4.78 is 6.16. The van der Waals surface area contributed by atoms with Crippen LogP contribution in [0.3, 0.4) is 0 Å². The average Bonchev–Trinajstić information content (AvgIpc) is 2.90. The summed E-state index contributed by atoms with van der Waals surface area (Å²) >= 11 is 0. The van der Waals surface area contributed by atoms with E-state index in [-0.39, 0.29) is 12.1 Å². The van der Waals surface area contributed by atoms with Crippen LogP contribution in [0.5, 0.6) is 0 Å². The molecular formula is C13H16N4O4. The Hall–Kier alpha value is -2.51. The number of aliphatic carboxylic acids is 1. The number of aromatic nitrogens is 4. The zero-order valence-electron chi connectivity index (χ0n) is 11.9. The second kappa shape index (κ2) is 6.29. The second-order valence-electron chi connectivity index (χ2n) is 4.69. The highest BCUT2D eigenvalue weighted by molar-refractivity contribution is 5.67. The smallest absolute Gasteiger partial charge is 0.347 e. The first-order valence-corrected chi connectivity index (χ1v) is 6.53. The molecule has 0 aliphatic rings. The monoisotopic (exact) mass is 292 g/mol. The number of carbonyl (C=O) groups is 1. The second-order valence-corrected chi connectivity index (χ2v) is 4.69. The molecule has 0 fully saturated rings. The summed E-state index contributed by atoms with van der Waals surface area (Å²) in [5.41, 5.74) is 1.75. The van der Waals surface area contributed by atoms with E-state index in [1.807, 2.05) is 0 Å². The van der Waals surface area contributed by atoms with Crippen LogP contribution in [-0.2, 0) is 24.2 Å². The van der Waals surface area contributed by atoms with Crippen LogP contribution >= 0.6 is 0 Å². The van der Waals surface area contributed by atoms with Crippen LogP contribution in [-0.4, -0.2) is 30.8 Å². The molecule has 8 heteroatoms. The molecule has 2 aromatic rings. The maximum Gasteiger partial charge on any atom is 0.347 e. The molecule has 0 spiro atoms. The highest BCUT2D eigenvalue weighted by Gasteiger charge is 2.13. The Morgan fingerprint density at radius 2 is 2.14 bits per heavy atom. The van der Waals surface area contributed by atoms with Crippen LogP contribution in [0.1, 0.15) is 29.2 Å². The maximum atomic E-state index is 12.0. The molecule has 0 aliphatic heterocycles. The fourth-order valence-corrected chi connectivity index (χ4v) is 2.21. The summed E-state index contributed by atoms with van der Waals surface area (Å²) in [5.74, 6) is -0.368. The van der Waals surface area contributed by atoms with Gasteiger partial charge in [0.2, 0.25) is 6.39 Å². The van der Waals surface area contributed by atoms with E-state index >= 15 is 0 Å². The molecule has 0 aromatic carbocycles. The lowest BCUT2D eigenvalue weighted by atomic mass is 10.1. The normalized spacial score (nSPS) is 10.8. The number of rotatable bonds is 6. The largest absolute Gasteiger partial charge is 0.481 e. The van der Waals surface area contributed by atoms with Crippen molar-refractivity contribution in [2.75, 3.05) is 0 Å². The summed E-state index contributed by atoms with van der Waals surface area (Å²) in [5, 5.41) is 12.5. The molecule has 0 saturated heterocycles. The zero-order chi connectivity index (χ0) is 15.4. The van der Waals surface area contributed by atoms with E-state index in [2.05, 4.69) is 19.6 Å². The first-order chi connectivity index (χ1) is 9.99. The van der Waals surface area contributed by atoms with Crippen molar-refractivity contribution in [3.8, 4) is 0 Å². The number of hydrogen-bond donors (Lipinski definition) is 1. The zero-order valence-corrected chi connectivity index (χ0v) is 11.9. The van der Waals surface area contributed by atoms with Crippen molar-refractivity contribution in [1.82, 2.24) is 19.7 Å². The molecule has 0 unspecified atom stereocenters. The van der Waals surface area contributed by atoms with Crippen molar-refractivity contribution in [3.63, 3.8) is 0 Å². The summed E-state index contributed by atoms with van der Waals surface area (Å²) in [4.78, 5) is 30.6. The number of aryl methyl sites for hydroxylation is 2. The van der Waals surface area contributed by atoms with E-state index in [9.17, 15) is 9.59 Å². The summed E-state index contributed by atoms with van der Waals surface area (Å²) in [6, 6.07) is 0. The van der Waals surface area contributed by atoms with E-state index in [1.54, 1.807) is 13.8 Å². The Labute approximate surface area is 120 Å². The van der Waals surface area contributed by atoms with Gasteiger partial charge in [-0.1, -0.05) is 5.16 Å². The van der Waals surface area contributed by atoms with Crippen molar-refractivity contribution >= 4 is 5.97 Å². The highest BCUT2D eigenvalue weighted by Crippen LogP contribution is 2.12. The third-order valence-electron chi connectivity index (χ3n) is 3.33.